The highest BCUT2D eigenvalue weighted by Gasteiger charge is 2.59. The zero-order valence-electron chi connectivity index (χ0n) is 8.71. The summed E-state index contributed by atoms with van der Waals surface area (Å²) in [6, 6.07) is 0. The van der Waals surface area contributed by atoms with Gasteiger partial charge in [0.1, 0.15) is 0 Å². The molecule has 0 amide bonds. The molecule has 0 unspecified atom stereocenters. The smallest absolute Gasteiger partial charge is 0.331 e. The Hall–Kier alpha value is -0.840. The fourth-order valence-electron chi connectivity index (χ4n) is 1.54. The van der Waals surface area contributed by atoms with Crippen LogP contribution in [-0.2, 0) is 19.1 Å². The monoisotopic (exact) mass is 276 g/mol. The Morgan fingerprint density at radius 1 is 1.33 bits per heavy atom. The van der Waals surface area contributed by atoms with Crippen molar-refractivity contribution in [2.75, 3.05) is 19.5 Å². The SMILES string of the molecule is COC(=O)C1(C(=O)OC)C=C1CCCBr. The van der Waals surface area contributed by atoms with Crippen molar-refractivity contribution in [2.45, 2.75) is 12.8 Å². The zero-order valence-corrected chi connectivity index (χ0v) is 10.3. The molecule has 0 aromatic heterocycles. The van der Waals surface area contributed by atoms with Crippen LogP contribution in [0.2, 0.25) is 0 Å². The van der Waals surface area contributed by atoms with Crippen molar-refractivity contribution in [3.63, 3.8) is 0 Å². The van der Waals surface area contributed by atoms with Gasteiger partial charge in [-0.2, -0.15) is 0 Å². The van der Waals surface area contributed by atoms with E-state index in [9.17, 15) is 9.59 Å². The first kappa shape index (κ1) is 12.2. The van der Waals surface area contributed by atoms with E-state index in [2.05, 4.69) is 25.4 Å². The standard InChI is InChI=1S/C10H13BrO4/c1-14-8(12)10(9(13)15-2)6-7(10)4-3-5-11/h6H,3-5H2,1-2H3. The molecular formula is C10H13BrO4. The van der Waals surface area contributed by atoms with Crippen LogP contribution in [-0.4, -0.2) is 31.5 Å². The summed E-state index contributed by atoms with van der Waals surface area (Å²) in [5.74, 6) is -1.11. The molecule has 0 aromatic carbocycles. The number of alkyl halides is 1. The van der Waals surface area contributed by atoms with Crippen LogP contribution in [0.5, 0.6) is 0 Å². The van der Waals surface area contributed by atoms with E-state index in [1.165, 1.54) is 14.2 Å². The summed E-state index contributed by atoms with van der Waals surface area (Å²) >= 11 is 3.29. The quantitative estimate of drug-likeness (QED) is 0.330. The van der Waals surface area contributed by atoms with Crippen LogP contribution >= 0.6 is 15.9 Å². The summed E-state index contributed by atoms with van der Waals surface area (Å²) in [6.45, 7) is 0. The van der Waals surface area contributed by atoms with Crippen molar-refractivity contribution < 1.29 is 19.1 Å². The molecule has 0 spiro atoms. The normalized spacial score (nSPS) is 16.6. The maximum Gasteiger partial charge on any atom is 0.331 e. The van der Waals surface area contributed by atoms with E-state index in [1.807, 2.05) is 0 Å². The van der Waals surface area contributed by atoms with Gasteiger partial charge in [0.2, 0.25) is 5.41 Å². The van der Waals surface area contributed by atoms with E-state index in [0.29, 0.717) is 6.42 Å². The molecule has 0 bridgehead atoms. The summed E-state index contributed by atoms with van der Waals surface area (Å²) in [4.78, 5) is 23.0. The van der Waals surface area contributed by atoms with E-state index in [-0.39, 0.29) is 0 Å². The lowest BCUT2D eigenvalue weighted by Crippen LogP contribution is -2.31. The fraction of sp³-hybridized carbons (Fsp3) is 0.600. The molecule has 0 radical (unpaired) electrons. The Bertz CT molecular complexity index is 293. The molecule has 0 aliphatic heterocycles. The Morgan fingerprint density at radius 3 is 2.27 bits per heavy atom. The lowest BCUT2D eigenvalue weighted by atomic mass is 9.98. The van der Waals surface area contributed by atoms with Crippen molar-refractivity contribution in [2.24, 2.45) is 5.41 Å². The number of hydrogen-bond acceptors (Lipinski definition) is 4. The Labute approximate surface area is 96.7 Å². The van der Waals surface area contributed by atoms with E-state index in [4.69, 9.17) is 0 Å². The minimum atomic E-state index is -1.22. The molecule has 15 heavy (non-hydrogen) atoms. The van der Waals surface area contributed by atoms with Crippen LogP contribution in [0.4, 0.5) is 0 Å². The van der Waals surface area contributed by atoms with Crippen molar-refractivity contribution in [1.29, 1.82) is 0 Å². The van der Waals surface area contributed by atoms with Crippen molar-refractivity contribution >= 4 is 27.9 Å². The van der Waals surface area contributed by atoms with Crippen LogP contribution in [0.1, 0.15) is 12.8 Å². The highest BCUT2D eigenvalue weighted by Crippen LogP contribution is 2.48. The Morgan fingerprint density at radius 2 is 1.87 bits per heavy atom. The molecule has 0 atom stereocenters. The number of halogens is 1. The molecule has 0 saturated heterocycles. The van der Waals surface area contributed by atoms with Crippen molar-refractivity contribution in [1.82, 2.24) is 0 Å². The largest absolute Gasteiger partial charge is 0.468 e. The molecule has 1 aliphatic carbocycles. The van der Waals surface area contributed by atoms with Gasteiger partial charge >= 0.3 is 11.9 Å². The maximum absolute atomic E-state index is 11.5. The van der Waals surface area contributed by atoms with Crippen LogP contribution < -0.4 is 0 Å². The van der Waals surface area contributed by atoms with Crippen molar-refractivity contribution in [3.8, 4) is 0 Å². The third-order valence-corrected chi connectivity index (χ3v) is 2.97. The number of hydrogen-bond donors (Lipinski definition) is 0. The highest BCUT2D eigenvalue weighted by molar-refractivity contribution is 9.09. The second-order valence-corrected chi connectivity index (χ2v) is 4.05. The third-order valence-electron chi connectivity index (χ3n) is 2.41. The van der Waals surface area contributed by atoms with Gasteiger partial charge in [-0.1, -0.05) is 22.0 Å². The van der Waals surface area contributed by atoms with Gasteiger partial charge in [0.05, 0.1) is 14.2 Å². The van der Waals surface area contributed by atoms with Gasteiger partial charge < -0.3 is 9.47 Å². The molecule has 0 fully saturated rings. The summed E-state index contributed by atoms with van der Waals surface area (Å²) in [5, 5.41) is 0.836. The predicted molar refractivity (Wildman–Crippen MR) is 57.6 cm³/mol. The third kappa shape index (κ3) is 2.07. The first-order valence-corrected chi connectivity index (χ1v) is 5.70. The Balaban J connectivity index is 2.69. The molecule has 0 heterocycles. The van der Waals surface area contributed by atoms with Gasteiger partial charge in [0, 0.05) is 5.33 Å². The second kappa shape index (κ2) is 4.79. The lowest BCUT2D eigenvalue weighted by Gasteiger charge is -2.13. The minimum Gasteiger partial charge on any atom is -0.468 e. The molecular weight excluding hydrogens is 264 g/mol. The van der Waals surface area contributed by atoms with E-state index in [1.54, 1.807) is 6.08 Å². The zero-order chi connectivity index (χ0) is 11.5. The maximum atomic E-state index is 11.5. The lowest BCUT2D eigenvalue weighted by molar-refractivity contribution is -0.159. The number of esters is 2. The molecule has 0 saturated carbocycles. The Kier molecular flexibility index (Phi) is 3.90. The van der Waals surface area contributed by atoms with Crippen LogP contribution in [0, 0.1) is 5.41 Å². The first-order valence-electron chi connectivity index (χ1n) is 4.58. The topological polar surface area (TPSA) is 52.6 Å². The van der Waals surface area contributed by atoms with Crippen molar-refractivity contribution in [3.05, 3.63) is 11.6 Å². The molecule has 0 aromatic rings. The number of methoxy groups -OCH3 is 2. The number of carbonyl (C=O) groups is 2. The molecule has 4 nitrogen and oxygen atoms in total. The fourth-order valence-corrected chi connectivity index (χ4v) is 1.82. The average molecular weight is 277 g/mol. The van der Waals surface area contributed by atoms with E-state index < -0.39 is 17.4 Å². The summed E-state index contributed by atoms with van der Waals surface area (Å²) < 4.78 is 9.21. The van der Waals surface area contributed by atoms with E-state index >= 15 is 0 Å². The second-order valence-electron chi connectivity index (χ2n) is 3.25. The van der Waals surface area contributed by atoms with Gasteiger partial charge in [0.15, 0.2) is 0 Å². The number of rotatable bonds is 5. The van der Waals surface area contributed by atoms with Crippen LogP contribution in [0.25, 0.3) is 0 Å². The predicted octanol–water partition coefficient (Wildman–Crippen LogP) is 1.43. The van der Waals surface area contributed by atoms with Crippen LogP contribution in [0.3, 0.4) is 0 Å². The van der Waals surface area contributed by atoms with Gasteiger partial charge in [0.25, 0.3) is 0 Å². The number of carbonyl (C=O) groups excluding carboxylic acids is 2. The highest BCUT2D eigenvalue weighted by atomic mass is 79.9. The van der Waals surface area contributed by atoms with Crippen LogP contribution in [0.15, 0.2) is 11.6 Å². The summed E-state index contributed by atoms with van der Waals surface area (Å²) in [5.41, 5.74) is -0.424. The summed E-state index contributed by atoms with van der Waals surface area (Å²) in [7, 11) is 2.53. The molecule has 1 aliphatic rings. The average Bonchev–Trinajstić information content (AvgIpc) is 2.99. The van der Waals surface area contributed by atoms with Gasteiger partial charge in [-0.25, -0.2) is 0 Å². The van der Waals surface area contributed by atoms with Gasteiger partial charge in [-0.05, 0) is 18.4 Å². The molecule has 0 N–H and O–H groups in total. The molecule has 84 valence electrons. The first-order chi connectivity index (χ1) is 7.13. The van der Waals surface area contributed by atoms with E-state index in [0.717, 1.165) is 17.3 Å². The minimum absolute atomic E-state index is 0.557. The summed E-state index contributed by atoms with van der Waals surface area (Å²) in [6.07, 6.45) is 3.20. The molecule has 1 rings (SSSR count). The van der Waals surface area contributed by atoms with Gasteiger partial charge in [-0.15, -0.1) is 0 Å². The number of ether oxygens (including phenoxy) is 2. The molecule has 5 heteroatoms. The van der Waals surface area contributed by atoms with Gasteiger partial charge in [-0.3, -0.25) is 9.59 Å².